The van der Waals surface area contributed by atoms with Crippen molar-refractivity contribution >= 4 is 53.3 Å². The first-order chi connectivity index (χ1) is 27.8. The second-order valence-corrected chi connectivity index (χ2v) is 15.0. The molecule has 0 radical (unpaired) electrons. The lowest BCUT2D eigenvalue weighted by molar-refractivity contribution is 1.08. The molecule has 0 aliphatic carbocycles. The predicted octanol–water partition coefficient (Wildman–Crippen LogP) is 13.7. The van der Waals surface area contributed by atoms with E-state index < -0.39 is 0 Å². The van der Waals surface area contributed by atoms with Crippen molar-refractivity contribution in [2.75, 3.05) is 0 Å². The summed E-state index contributed by atoms with van der Waals surface area (Å²) in [5.74, 6) is 1.94. The van der Waals surface area contributed by atoms with Crippen LogP contribution in [-0.2, 0) is 0 Å². The number of benzene rings is 8. The van der Waals surface area contributed by atoms with Crippen LogP contribution in [0.3, 0.4) is 0 Å². The molecular weight excluding hydrogens is 701 g/mol. The molecule has 56 heavy (non-hydrogen) atoms. The lowest BCUT2D eigenvalue weighted by atomic mass is 9.98. The SMILES string of the molecule is c1ccc(-c2ccccc2-c2nc(-c3ccc(-c4cccc5c4c4ccccc4n5-c4ccccc4)cc3)nc(-c3cccc4c3sc3ccccc34)n2)cc1. The van der Waals surface area contributed by atoms with Crippen LogP contribution in [0.15, 0.2) is 194 Å². The fourth-order valence-electron chi connectivity index (χ4n) is 8.13. The Bertz CT molecular complexity index is 3240. The van der Waals surface area contributed by atoms with Gasteiger partial charge in [0.1, 0.15) is 0 Å². The molecule has 11 rings (SSSR count). The third kappa shape index (κ3) is 5.32. The zero-order valence-corrected chi connectivity index (χ0v) is 31.0. The first kappa shape index (κ1) is 32.2. The van der Waals surface area contributed by atoms with E-state index in [4.69, 9.17) is 15.0 Å². The van der Waals surface area contributed by atoms with Crippen molar-refractivity contribution in [2.45, 2.75) is 0 Å². The summed E-state index contributed by atoms with van der Waals surface area (Å²) < 4.78 is 4.78. The molecule has 0 bridgehead atoms. The molecule has 4 nitrogen and oxygen atoms in total. The van der Waals surface area contributed by atoms with Gasteiger partial charge in [-0.05, 0) is 58.7 Å². The summed E-state index contributed by atoms with van der Waals surface area (Å²) in [4.78, 5) is 15.7. The molecule has 3 aromatic heterocycles. The number of rotatable bonds is 6. The summed E-state index contributed by atoms with van der Waals surface area (Å²) >= 11 is 1.79. The van der Waals surface area contributed by atoms with Crippen molar-refractivity contribution in [2.24, 2.45) is 0 Å². The van der Waals surface area contributed by atoms with E-state index in [0.29, 0.717) is 17.5 Å². The molecule has 262 valence electrons. The number of hydrogen-bond donors (Lipinski definition) is 0. The van der Waals surface area contributed by atoms with Gasteiger partial charge in [-0.3, -0.25) is 0 Å². The van der Waals surface area contributed by atoms with Gasteiger partial charge in [0.25, 0.3) is 0 Å². The molecule has 0 unspecified atom stereocenters. The quantitative estimate of drug-likeness (QED) is 0.171. The molecule has 8 aromatic carbocycles. The minimum absolute atomic E-state index is 0.636. The van der Waals surface area contributed by atoms with Crippen molar-refractivity contribution < 1.29 is 0 Å². The van der Waals surface area contributed by atoms with Crippen molar-refractivity contribution in [1.82, 2.24) is 19.5 Å². The Balaban J connectivity index is 1.09. The maximum absolute atomic E-state index is 5.24. The molecule has 0 saturated carbocycles. The molecule has 0 atom stereocenters. The van der Waals surface area contributed by atoms with Gasteiger partial charge in [0.2, 0.25) is 0 Å². The average molecular weight is 733 g/mol. The molecule has 0 aliphatic heterocycles. The van der Waals surface area contributed by atoms with Crippen LogP contribution < -0.4 is 0 Å². The highest BCUT2D eigenvalue weighted by Crippen LogP contribution is 2.41. The van der Waals surface area contributed by atoms with Crippen molar-refractivity contribution in [3.8, 4) is 62.1 Å². The minimum atomic E-state index is 0.636. The standard InChI is InChI=1S/C51H32N4S/c1-3-15-33(16-4-1)37-19-7-8-21-41(37)50-52-49(53-51(54-50)43-25-13-24-40-39-20-10-12-28-46(39)56-48(40)43)35-31-29-34(30-32-35)38-23-14-27-45-47(38)42-22-9-11-26-44(42)55(45)36-17-5-2-6-18-36/h1-32H. The Kier molecular flexibility index (Phi) is 7.64. The second-order valence-electron chi connectivity index (χ2n) is 14.0. The minimum Gasteiger partial charge on any atom is -0.309 e. The maximum atomic E-state index is 5.24. The third-order valence-electron chi connectivity index (χ3n) is 10.7. The molecule has 11 aromatic rings. The highest BCUT2D eigenvalue weighted by atomic mass is 32.1. The number of fused-ring (bicyclic) bond motifs is 6. The van der Waals surface area contributed by atoms with Crippen LogP contribution in [0.1, 0.15) is 0 Å². The zero-order chi connectivity index (χ0) is 37.0. The summed E-state index contributed by atoms with van der Waals surface area (Å²) in [6.45, 7) is 0. The first-order valence-electron chi connectivity index (χ1n) is 18.8. The van der Waals surface area contributed by atoms with Crippen molar-refractivity contribution in [1.29, 1.82) is 0 Å². The molecule has 3 heterocycles. The predicted molar refractivity (Wildman–Crippen MR) is 234 cm³/mol. The topological polar surface area (TPSA) is 43.6 Å². The Morgan fingerprint density at radius 2 is 0.875 bits per heavy atom. The zero-order valence-electron chi connectivity index (χ0n) is 30.2. The number of nitrogens with zero attached hydrogens (tertiary/aromatic N) is 4. The van der Waals surface area contributed by atoms with Gasteiger partial charge < -0.3 is 4.57 Å². The highest BCUT2D eigenvalue weighted by Gasteiger charge is 2.20. The molecule has 0 spiro atoms. The number of thiophene rings is 1. The van der Waals surface area contributed by atoms with E-state index in [-0.39, 0.29) is 0 Å². The summed E-state index contributed by atoms with van der Waals surface area (Å²) in [5.41, 5.74) is 10.9. The average Bonchev–Trinajstić information content (AvgIpc) is 3.83. The van der Waals surface area contributed by atoms with Crippen LogP contribution in [0.2, 0.25) is 0 Å². The van der Waals surface area contributed by atoms with Gasteiger partial charge in [0.15, 0.2) is 17.5 Å². The van der Waals surface area contributed by atoms with Gasteiger partial charge in [-0.1, -0.05) is 158 Å². The van der Waals surface area contributed by atoms with Gasteiger partial charge in [-0.15, -0.1) is 11.3 Å². The number of hydrogen-bond acceptors (Lipinski definition) is 4. The Morgan fingerprint density at radius 3 is 1.70 bits per heavy atom. The number of para-hydroxylation sites is 2. The van der Waals surface area contributed by atoms with E-state index in [2.05, 4.69) is 193 Å². The second kappa shape index (κ2) is 13.3. The van der Waals surface area contributed by atoms with Gasteiger partial charge in [-0.25, -0.2) is 15.0 Å². The Hall–Kier alpha value is -7.21. The van der Waals surface area contributed by atoms with Gasteiger partial charge in [-0.2, -0.15) is 0 Å². The smallest absolute Gasteiger partial charge is 0.165 e. The van der Waals surface area contributed by atoms with E-state index >= 15 is 0 Å². The summed E-state index contributed by atoms with van der Waals surface area (Å²) in [5, 5.41) is 4.92. The largest absolute Gasteiger partial charge is 0.309 e. The lowest BCUT2D eigenvalue weighted by Crippen LogP contribution is -2.01. The lowest BCUT2D eigenvalue weighted by Gasteiger charge is -2.13. The number of aromatic nitrogens is 4. The van der Waals surface area contributed by atoms with E-state index in [0.717, 1.165) is 39.1 Å². The van der Waals surface area contributed by atoms with Gasteiger partial charge in [0.05, 0.1) is 11.0 Å². The van der Waals surface area contributed by atoms with Crippen molar-refractivity contribution in [3.05, 3.63) is 194 Å². The van der Waals surface area contributed by atoms with E-state index in [1.165, 1.54) is 47.5 Å². The fourth-order valence-corrected chi connectivity index (χ4v) is 9.34. The molecule has 0 amide bonds. The van der Waals surface area contributed by atoms with Crippen LogP contribution in [0.5, 0.6) is 0 Å². The molecule has 0 aliphatic rings. The molecular formula is C51H32N4S. The first-order valence-corrected chi connectivity index (χ1v) is 19.6. The van der Waals surface area contributed by atoms with E-state index in [9.17, 15) is 0 Å². The van der Waals surface area contributed by atoms with Gasteiger partial charge >= 0.3 is 0 Å². The van der Waals surface area contributed by atoms with Crippen molar-refractivity contribution in [3.63, 3.8) is 0 Å². The monoisotopic (exact) mass is 732 g/mol. The fraction of sp³-hybridized carbons (Fsp3) is 0. The Labute approximate surface area is 327 Å². The summed E-state index contributed by atoms with van der Waals surface area (Å²) in [6.07, 6.45) is 0. The van der Waals surface area contributed by atoms with Gasteiger partial charge in [0, 0.05) is 53.3 Å². The molecule has 0 N–H and O–H groups in total. The maximum Gasteiger partial charge on any atom is 0.165 e. The summed E-state index contributed by atoms with van der Waals surface area (Å²) in [6, 6.07) is 68.5. The Morgan fingerprint density at radius 1 is 0.339 bits per heavy atom. The van der Waals surface area contributed by atoms with E-state index in [1.807, 2.05) is 6.07 Å². The third-order valence-corrected chi connectivity index (χ3v) is 11.9. The normalized spacial score (nSPS) is 11.6. The van der Waals surface area contributed by atoms with Crippen LogP contribution in [0.25, 0.3) is 104 Å². The van der Waals surface area contributed by atoms with Crippen LogP contribution in [0.4, 0.5) is 0 Å². The molecule has 0 fully saturated rings. The summed E-state index contributed by atoms with van der Waals surface area (Å²) in [7, 11) is 0. The van der Waals surface area contributed by atoms with Crippen LogP contribution in [-0.4, -0.2) is 19.5 Å². The van der Waals surface area contributed by atoms with Crippen LogP contribution >= 0.6 is 11.3 Å². The molecule has 5 heteroatoms. The molecule has 0 saturated heterocycles. The highest BCUT2D eigenvalue weighted by molar-refractivity contribution is 7.26. The van der Waals surface area contributed by atoms with Crippen LogP contribution in [0, 0.1) is 0 Å². The van der Waals surface area contributed by atoms with E-state index in [1.54, 1.807) is 11.3 Å².